The minimum Gasteiger partial charge on any atom is -0.483 e. The second-order valence-electron chi connectivity index (χ2n) is 10.1. The zero-order valence-corrected chi connectivity index (χ0v) is 24.6. The van der Waals surface area contributed by atoms with Crippen LogP contribution in [0, 0.1) is 12.7 Å². The molecule has 2 aromatic heterocycles. The van der Waals surface area contributed by atoms with E-state index in [2.05, 4.69) is 15.4 Å². The van der Waals surface area contributed by atoms with Crippen LogP contribution in [0.2, 0.25) is 0 Å². The molecule has 6 rings (SSSR count). The summed E-state index contributed by atoms with van der Waals surface area (Å²) in [6.07, 6.45) is 2.41. The maximum atomic E-state index is 14.1. The molecule has 3 aliphatic heterocycles. The Kier molecular flexibility index (Phi) is 9.46. The van der Waals surface area contributed by atoms with Gasteiger partial charge >= 0.3 is 0 Å². The number of hydrogen-bond acceptors (Lipinski definition) is 10. The van der Waals surface area contributed by atoms with Gasteiger partial charge in [0.2, 0.25) is 5.91 Å². The number of amides is 2. The molecule has 14 heteroatoms. The third-order valence-corrected chi connectivity index (χ3v) is 8.44. The summed E-state index contributed by atoms with van der Waals surface area (Å²) in [6.45, 7) is 6.29. The zero-order valence-electron chi connectivity index (χ0n) is 23.7. The summed E-state index contributed by atoms with van der Waals surface area (Å²) in [5.41, 5.74) is 7.48. The van der Waals surface area contributed by atoms with Gasteiger partial charge in [-0.2, -0.15) is 16.9 Å². The lowest BCUT2D eigenvalue weighted by Crippen LogP contribution is -2.37. The van der Waals surface area contributed by atoms with Gasteiger partial charge in [-0.15, -0.1) is 0 Å². The molecular weight excluding hydrogens is 567 g/mol. The van der Waals surface area contributed by atoms with Gasteiger partial charge in [0.15, 0.2) is 11.9 Å². The monoisotopic (exact) mass is 602 g/mol. The van der Waals surface area contributed by atoms with E-state index in [-0.39, 0.29) is 24.1 Å². The Balaban J connectivity index is 0.000000300. The molecule has 1 aromatic carbocycles. The molecule has 3 aliphatic rings. The summed E-state index contributed by atoms with van der Waals surface area (Å²) in [6, 6.07) is 4.16. The molecule has 0 bridgehead atoms. The normalized spacial score (nSPS) is 23.3. The van der Waals surface area contributed by atoms with E-state index in [1.807, 2.05) is 23.6 Å². The number of carbonyl (C=O) groups excluding carboxylic acids is 2. The van der Waals surface area contributed by atoms with Gasteiger partial charge in [-0.25, -0.2) is 13.9 Å². The average molecular weight is 603 g/mol. The maximum Gasteiger partial charge on any atom is 0.250 e. The average Bonchev–Trinajstić information content (AvgIpc) is 3.69. The van der Waals surface area contributed by atoms with Crippen molar-refractivity contribution in [1.82, 2.24) is 19.5 Å². The molecule has 3 saturated heterocycles. The first-order chi connectivity index (χ1) is 20.3. The maximum absolute atomic E-state index is 14.1. The number of thioether (sulfide) groups is 1. The Morgan fingerprint density at radius 1 is 1.19 bits per heavy atom. The van der Waals surface area contributed by atoms with Crippen LogP contribution in [0.25, 0.3) is 5.52 Å². The quantitative estimate of drug-likeness (QED) is 0.414. The third kappa shape index (κ3) is 6.31. The van der Waals surface area contributed by atoms with Crippen LogP contribution in [0.3, 0.4) is 0 Å². The summed E-state index contributed by atoms with van der Waals surface area (Å²) in [4.78, 5) is 29.1. The lowest BCUT2D eigenvalue weighted by atomic mass is 10.1. The summed E-state index contributed by atoms with van der Waals surface area (Å²) in [7, 11) is 1.61. The summed E-state index contributed by atoms with van der Waals surface area (Å²) < 4.78 is 38.7. The summed E-state index contributed by atoms with van der Waals surface area (Å²) >= 11 is 1.93. The van der Waals surface area contributed by atoms with Crippen molar-refractivity contribution in [2.75, 3.05) is 50.2 Å². The fourth-order valence-corrected chi connectivity index (χ4v) is 6.16. The molecule has 3 aromatic rings. The third-order valence-electron chi connectivity index (χ3n) is 7.50. The highest BCUT2D eigenvalue weighted by atomic mass is 32.2. The predicted octanol–water partition coefficient (Wildman–Crippen LogP) is 2.55. The number of aromatic nitrogens is 3. The number of anilines is 2. The van der Waals surface area contributed by atoms with Gasteiger partial charge in [-0.05, 0) is 24.6 Å². The van der Waals surface area contributed by atoms with E-state index in [4.69, 9.17) is 24.7 Å². The van der Waals surface area contributed by atoms with Crippen molar-refractivity contribution in [1.29, 1.82) is 0 Å². The second kappa shape index (κ2) is 13.2. The van der Waals surface area contributed by atoms with Gasteiger partial charge in [0.25, 0.3) is 5.91 Å². The molecule has 42 heavy (non-hydrogen) atoms. The van der Waals surface area contributed by atoms with Crippen LogP contribution in [0.5, 0.6) is 5.75 Å². The van der Waals surface area contributed by atoms with Gasteiger partial charge in [-0.1, -0.05) is 6.92 Å². The van der Waals surface area contributed by atoms with E-state index >= 15 is 0 Å². The number of fused-ring (bicyclic) bond motifs is 2. The molecule has 3 fully saturated rings. The molecule has 0 aliphatic carbocycles. The second-order valence-corrected chi connectivity index (χ2v) is 11.3. The highest BCUT2D eigenvalue weighted by Gasteiger charge is 2.49. The SMILES string of the molecule is CCC(=O)N1CCSCC1.COC1CO[C@@H]2C(Oc3cc(F)ccc3Nc3ncnn4cc(C(N)=O)c(C)c34)CO[C@H]12. The predicted molar refractivity (Wildman–Crippen MR) is 155 cm³/mol. The molecule has 4 atom stereocenters. The molecule has 12 nitrogen and oxygen atoms in total. The molecule has 0 radical (unpaired) electrons. The van der Waals surface area contributed by atoms with E-state index in [0.717, 1.165) is 24.6 Å². The number of methoxy groups -OCH3 is 1. The molecule has 0 saturated carbocycles. The number of nitrogens with one attached hydrogen (secondary N) is 1. The number of ether oxygens (including phenoxy) is 4. The number of benzene rings is 1. The van der Waals surface area contributed by atoms with Crippen LogP contribution in [0.1, 0.15) is 29.3 Å². The van der Waals surface area contributed by atoms with Gasteiger partial charge < -0.3 is 34.9 Å². The standard InChI is InChI=1S/C21H22FN5O5.C7H13NOS/c1-10-12(20(23)28)6-27-17(10)21(24-9-25-27)26-13-4-3-11(22)5-14(13)32-16-8-31-18-15(29-2)7-30-19(16)18;1-2-7(9)8-3-5-10-6-4-8/h3-6,9,15-16,18-19H,7-8H2,1-2H3,(H2,23,28)(H,24,25,26);2-6H2,1H3/t15?,16?,18-,19-;/m1./s1. The molecule has 2 unspecified atom stereocenters. The van der Waals surface area contributed by atoms with Crippen molar-refractivity contribution in [3.05, 3.63) is 47.7 Å². The number of halogens is 1. The van der Waals surface area contributed by atoms with Crippen LogP contribution >= 0.6 is 11.8 Å². The highest BCUT2D eigenvalue weighted by Crippen LogP contribution is 2.36. The number of nitrogens with two attached hydrogens (primary N) is 1. The zero-order chi connectivity index (χ0) is 29.8. The van der Waals surface area contributed by atoms with Crippen molar-refractivity contribution in [2.45, 2.75) is 44.7 Å². The highest BCUT2D eigenvalue weighted by molar-refractivity contribution is 7.99. The first-order valence-corrected chi connectivity index (χ1v) is 14.9. The van der Waals surface area contributed by atoms with Crippen molar-refractivity contribution < 1.29 is 32.9 Å². The van der Waals surface area contributed by atoms with Gasteiger partial charge in [0, 0.05) is 50.4 Å². The van der Waals surface area contributed by atoms with Crippen molar-refractivity contribution in [3.63, 3.8) is 0 Å². The topological polar surface area (TPSA) is 143 Å². The van der Waals surface area contributed by atoms with Crippen molar-refractivity contribution in [2.24, 2.45) is 5.73 Å². The van der Waals surface area contributed by atoms with Crippen LogP contribution in [0.4, 0.5) is 15.9 Å². The van der Waals surface area contributed by atoms with Crippen LogP contribution in [-0.2, 0) is 19.0 Å². The molecule has 226 valence electrons. The van der Waals surface area contributed by atoms with Crippen LogP contribution < -0.4 is 15.8 Å². The fourth-order valence-electron chi connectivity index (χ4n) is 5.26. The number of rotatable bonds is 7. The smallest absolute Gasteiger partial charge is 0.250 e. The van der Waals surface area contributed by atoms with E-state index < -0.39 is 17.8 Å². The van der Waals surface area contributed by atoms with Gasteiger partial charge in [0.05, 0.1) is 24.5 Å². The van der Waals surface area contributed by atoms with E-state index in [9.17, 15) is 14.0 Å². The first-order valence-electron chi connectivity index (χ1n) is 13.8. The Labute approximate surface area is 247 Å². The van der Waals surface area contributed by atoms with Crippen molar-refractivity contribution >= 4 is 40.6 Å². The van der Waals surface area contributed by atoms with Gasteiger partial charge in [0.1, 0.15) is 41.7 Å². The number of aryl methyl sites for hydroxylation is 1. The first kappa shape index (κ1) is 30.0. The minimum atomic E-state index is -0.563. The molecule has 3 N–H and O–H groups in total. The molecular formula is C28H35FN6O6S. The number of carbonyl (C=O) groups is 2. The number of nitrogens with zero attached hydrogens (tertiary/aromatic N) is 4. The number of primary amides is 1. The van der Waals surface area contributed by atoms with Crippen LogP contribution in [0.15, 0.2) is 30.7 Å². The lowest BCUT2D eigenvalue weighted by molar-refractivity contribution is -0.130. The van der Waals surface area contributed by atoms with E-state index in [1.165, 1.54) is 23.0 Å². The van der Waals surface area contributed by atoms with E-state index in [1.54, 1.807) is 26.3 Å². The molecule has 2 amide bonds. The largest absolute Gasteiger partial charge is 0.483 e. The lowest BCUT2D eigenvalue weighted by Gasteiger charge is -2.25. The van der Waals surface area contributed by atoms with Gasteiger partial charge in [-0.3, -0.25) is 9.59 Å². The number of hydrogen-bond donors (Lipinski definition) is 2. The Morgan fingerprint density at radius 3 is 2.60 bits per heavy atom. The fraction of sp³-hybridized carbons (Fsp3) is 0.500. The van der Waals surface area contributed by atoms with Crippen molar-refractivity contribution in [3.8, 4) is 5.75 Å². The molecule has 0 spiro atoms. The summed E-state index contributed by atoms with van der Waals surface area (Å²) in [5.74, 6) is 2.22. The minimum absolute atomic E-state index is 0.162. The Bertz CT molecular complexity index is 1430. The van der Waals surface area contributed by atoms with E-state index in [0.29, 0.717) is 53.7 Å². The molecule has 5 heterocycles. The summed E-state index contributed by atoms with van der Waals surface area (Å²) in [5, 5.41) is 7.31. The Morgan fingerprint density at radius 2 is 1.90 bits per heavy atom. The van der Waals surface area contributed by atoms with Crippen LogP contribution in [-0.4, -0.2) is 101 Å². The Hall–Kier alpha value is -3.46.